The summed E-state index contributed by atoms with van der Waals surface area (Å²) in [7, 11) is 3.08. The largest absolute Gasteiger partial charge is 0.507 e. The smallest absolute Gasteiger partial charge is 0.319 e. The standard InChI is InChI=1S/C13H17BrN2O4/c1-16(8-12(18)20-2)6-5-15-13(19)10-4-3-9(14)7-11(10)17/h3-4,7,17H,5-6,8H2,1-2H3,(H,15,19). The van der Waals surface area contributed by atoms with Gasteiger partial charge < -0.3 is 15.2 Å². The maximum atomic E-state index is 11.8. The fraction of sp³-hybridized carbons (Fsp3) is 0.385. The lowest BCUT2D eigenvalue weighted by molar-refractivity contribution is -0.141. The molecule has 2 N–H and O–H groups in total. The molecule has 0 aliphatic heterocycles. The van der Waals surface area contributed by atoms with Crippen molar-refractivity contribution < 1.29 is 19.4 Å². The van der Waals surface area contributed by atoms with Crippen LogP contribution in [0.25, 0.3) is 0 Å². The van der Waals surface area contributed by atoms with Gasteiger partial charge in [-0.15, -0.1) is 0 Å². The highest BCUT2D eigenvalue weighted by Crippen LogP contribution is 2.21. The lowest BCUT2D eigenvalue weighted by atomic mass is 10.2. The quantitative estimate of drug-likeness (QED) is 0.752. The number of hydrogen-bond acceptors (Lipinski definition) is 5. The summed E-state index contributed by atoms with van der Waals surface area (Å²) in [5.41, 5.74) is 0.212. The normalized spacial score (nSPS) is 10.4. The Morgan fingerprint density at radius 3 is 2.75 bits per heavy atom. The summed E-state index contributed by atoms with van der Waals surface area (Å²) in [5, 5.41) is 12.3. The number of nitrogens with zero attached hydrogens (tertiary/aromatic N) is 1. The van der Waals surface area contributed by atoms with E-state index in [1.165, 1.54) is 19.2 Å². The average Bonchev–Trinajstić information content (AvgIpc) is 2.38. The summed E-state index contributed by atoms with van der Waals surface area (Å²) in [6, 6.07) is 4.67. The number of phenols is 1. The fourth-order valence-corrected chi connectivity index (χ4v) is 1.87. The van der Waals surface area contributed by atoms with Gasteiger partial charge in [0.2, 0.25) is 0 Å². The molecule has 20 heavy (non-hydrogen) atoms. The molecule has 0 bridgehead atoms. The van der Waals surface area contributed by atoms with Crippen molar-refractivity contribution in [2.75, 3.05) is 33.8 Å². The molecule has 0 saturated carbocycles. The third-order valence-corrected chi connectivity index (χ3v) is 3.10. The summed E-state index contributed by atoms with van der Waals surface area (Å²) in [5.74, 6) is -0.773. The Labute approximate surface area is 125 Å². The molecule has 0 heterocycles. The second kappa shape index (κ2) is 7.86. The Morgan fingerprint density at radius 1 is 1.45 bits per heavy atom. The molecule has 0 radical (unpaired) electrons. The van der Waals surface area contributed by atoms with Gasteiger partial charge in [-0.25, -0.2) is 0 Å². The Kier molecular flexibility index (Phi) is 6.47. The van der Waals surface area contributed by atoms with Crippen molar-refractivity contribution in [2.45, 2.75) is 0 Å². The van der Waals surface area contributed by atoms with Crippen LogP contribution in [-0.4, -0.2) is 55.7 Å². The van der Waals surface area contributed by atoms with Gasteiger partial charge in [0.05, 0.1) is 19.2 Å². The van der Waals surface area contributed by atoms with E-state index in [9.17, 15) is 14.7 Å². The lowest BCUT2D eigenvalue weighted by Crippen LogP contribution is -2.35. The highest BCUT2D eigenvalue weighted by Gasteiger charge is 2.11. The molecule has 0 aliphatic carbocycles. The van der Waals surface area contributed by atoms with Gasteiger partial charge in [-0.3, -0.25) is 14.5 Å². The number of phenolic OH excluding ortho intramolecular Hbond substituents is 1. The summed E-state index contributed by atoms with van der Waals surface area (Å²) >= 11 is 3.20. The Morgan fingerprint density at radius 2 is 2.15 bits per heavy atom. The highest BCUT2D eigenvalue weighted by atomic mass is 79.9. The summed E-state index contributed by atoms with van der Waals surface area (Å²) < 4.78 is 5.24. The van der Waals surface area contributed by atoms with E-state index in [0.29, 0.717) is 17.6 Å². The van der Waals surface area contributed by atoms with Crippen LogP contribution >= 0.6 is 15.9 Å². The molecule has 0 aliphatic rings. The second-order valence-corrected chi connectivity index (χ2v) is 5.15. The van der Waals surface area contributed by atoms with E-state index in [4.69, 9.17) is 0 Å². The molecule has 0 unspecified atom stereocenters. The summed E-state index contributed by atoms with van der Waals surface area (Å²) in [6.45, 7) is 1.02. The molecule has 6 nitrogen and oxygen atoms in total. The predicted molar refractivity (Wildman–Crippen MR) is 77.7 cm³/mol. The first-order chi connectivity index (χ1) is 9.43. The van der Waals surface area contributed by atoms with Crippen molar-refractivity contribution in [3.05, 3.63) is 28.2 Å². The molecule has 1 aromatic carbocycles. The fourth-order valence-electron chi connectivity index (χ4n) is 1.52. The van der Waals surface area contributed by atoms with Crippen LogP contribution in [0.4, 0.5) is 0 Å². The van der Waals surface area contributed by atoms with Crippen molar-refractivity contribution in [2.24, 2.45) is 0 Å². The van der Waals surface area contributed by atoms with Crippen LogP contribution in [0, 0.1) is 0 Å². The molecule has 0 aromatic heterocycles. The Bertz CT molecular complexity index is 493. The Balaban J connectivity index is 2.42. The molecule has 110 valence electrons. The number of aromatic hydroxyl groups is 1. The van der Waals surface area contributed by atoms with Crippen LogP contribution in [0.3, 0.4) is 0 Å². The van der Waals surface area contributed by atoms with Crippen molar-refractivity contribution in [3.8, 4) is 5.75 Å². The number of benzene rings is 1. The first-order valence-corrected chi connectivity index (χ1v) is 6.75. The van der Waals surface area contributed by atoms with Gasteiger partial charge in [-0.1, -0.05) is 15.9 Å². The van der Waals surface area contributed by atoms with E-state index in [2.05, 4.69) is 26.0 Å². The first-order valence-electron chi connectivity index (χ1n) is 5.96. The van der Waals surface area contributed by atoms with Crippen LogP contribution < -0.4 is 5.32 Å². The van der Waals surface area contributed by atoms with Crippen LogP contribution in [0.2, 0.25) is 0 Å². The van der Waals surface area contributed by atoms with Crippen LogP contribution in [0.5, 0.6) is 5.75 Å². The molecule has 0 spiro atoms. The monoisotopic (exact) mass is 344 g/mol. The summed E-state index contributed by atoms with van der Waals surface area (Å²) in [6.07, 6.45) is 0. The number of amides is 1. The van der Waals surface area contributed by atoms with Crippen molar-refractivity contribution in [3.63, 3.8) is 0 Å². The van der Waals surface area contributed by atoms with Crippen molar-refractivity contribution in [1.82, 2.24) is 10.2 Å². The topological polar surface area (TPSA) is 78.9 Å². The summed E-state index contributed by atoms with van der Waals surface area (Å²) in [4.78, 5) is 24.6. The molecule has 1 amide bonds. The molecule has 0 fully saturated rings. The number of nitrogens with one attached hydrogen (secondary N) is 1. The minimum atomic E-state index is -0.360. The number of methoxy groups -OCH3 is 1. The van der Waals surface area contributed by atoms with E-state index >= 15 is 0 Å². The molecule has 1 aromatic rings. The number of hydrogen-bond donors (Lipinski definition) is 2. The van der Waals surface area contributed by atoms with Crippen LogP contribution in [-0.2, 0) is 9.53 Å². The maximum Gasteiger partial charge on any atom is 0.319 e. The SMILES string of the molecule is COC(=O)CN(C)CCNC(=O)c1ccc(Br)cc1O. The number of halogens is 1. The highest BCUT2D eigenvalue weighted by molar-refractivity contribution is 9.10. The third kappa shape index (κ3) is 5.18. The number of carbonyl (C=O) groups is 2. The number of likely N-dealkylation sites (N-methyl/N-ethyl adjacent to an activating group) is 1. The number of esters is 1. The minimum absolute atomic E-state index is 0.0835. The zero-order valence-electron chi connectivity index (χ0n) is 11.4. The Hall–Kier alpha value is -1.60. The van der Waals surface area contributed by atoms with E-state index in [1.807, 2.05) is 0 Å². The van der Waals surface area contributed by atoms with Gasteiger partial charge in [0.1, 0.15) is 5.75 Å². The molecule has 0 atom stereocenters. The zero-order valence-corrected chi connectivity index (χ0v) is 12.9. The third-order valence-electron chi connectivity index (χ3n) is 2.61. The first kappa shape index (κ1) is 16.5. The average molecular weight is 345 g/mol. The van der Waals surface area contributed by atoms with Gasteiger partial charge in [-0.05, 0) is 25.2 Å². The van der Waals surface area contributed by atoms with Crippen LogP contribution in [0.1, 0.15) is 10.4 Å². The van der Waals surface area contributed by atoms with Gasteiger partial charge in [-0.2, -0.15) is 0 Å². The van der Waals surface area contributed by atoms with Gasteiger partial charge in [0.15, 0.2) is 0 Å². The van der Waals surface area contributed by atoms with Gasteiger partial charge >= 0.3 is 5.97 Å². The lowest BCUT2D eigenvalue weighted by Gasteiger charge is -2.15. The number of ether oxygens (including phenoxy) is 1. The van der Waals surface area contributed by atoms with E-state index in [1.54, 1.807) is 18.0 Å². The number of rotatable bonds is 6. The van der Waals surface area contributed by atoms with E-state index < -0.39 is 0 Å². The zero-order chi connectivity index (χ0) is 15.1. The van der Waals surface area contributed by atoms with E-state index in [0.717, 1.165) is 0 Å². The maximum absolute atomic E-state index is 11.8. The predicted octanol–water partition coefficient (Wildman–Crippen LogP) is 0.989. The molecule has 0 saturated heterocycles. The van der Waals surface area contributed by atoms with Crippen molar-refractivity contribution >= 4 is 27.8 Å². The second-order valence-electron chi connectivity index (χ2n) is 4.23. The van der Waals surface area contributed by atoms with Crippen LogP contribution in [0.15, 0.2) is 22.7 Å². The van der Waals surface area contributed by atoms with Gasteiger partial charge in [0, 0.05) is 17.6 Å². The molecular weight excluding hydrogens is 328 g/mol. The van der Waals surface area contributed by atoms with Crippen molar-refractivity contribution in [1.29, 1.82) is 0 Å². The molecular formula is C13H17BrN2O4. The van der Waals surface area contributed by atoms with E-state index in [-0.39, 0.29) is 29.7 Å². The molecule has 7 heteroatoms. The number of carbonyl (C=O) groups excluding carboxylic acids is 2. The minimum Gasteiger partial charge on any atom is -0.507 e. The van der Waals surface area contributed by atoms with Gasteiger partial charge in [0.25, 0.3) is 5.91 Å². The molecule has 1 rings (SSSR count).